The number of benzene rings is 2. The lowest BCUT2D eigenvalue weighted by molar-refractivity contribution is 0.567. The molecule has 0 radical (unpaired) electrons. The molecule has 2 aromatic rings. The summed E-state index contributed by atoms with van der Waals surface area (Å²) in [6, 6.07) is 17.7. The molecule has 0 aromatic heterocycles. The lowest BCUT2D eigenvalue weighted by Gasteiger charge is -2.25. The van der Waals surface area contributed by atoms with E-state index in [0.717, 1.165) is 17.5 Å². The minimum absolute atomic E-state index is 0.855. The van der Waals surface area contributed by atoms with Crippen LogP contribution in [0.1, 0.15) is 16.7 Å². The Labute approximate surface area is 108 Å². The van der Waals surface area contributed by atoms with E-state index in [0.29, 0.717) is 0 Å². The minimum Gasteiger partial charge on any atom is -0.306 e. The van der Waals surface area contributed by atoms with Crippen molar-refractivity contribution in [3.63, 3.8) is 0 Å². The second-order valence-corrected chi connectivity index (χ2v) is 4.42. The van der Waals surface area contributed by atoms with Crippen LogP contribution in [0.5, 0.6) is 0 Å². The Balaban J connectivity index is 2.32. The molecule has 2 aromatic carbocycles. The third kappa shape index (κ3) is 2.50. The van der Waals surface area contributed by atoms with Crippen molar-refractivity contribution in [2.75, 3.05) is 0 Å². The zero-order valence-electron chi connectivity index (χ0n) is 10.3. The van der Waals surface area contributed by atoms with E-state index in [1.54, 1.807) is 0 Å². The molecule has 2 heteroatoms. The van der Waals surface area contributed by atoms with Crippen molar-refractivity contribution in [3.8, 4) is 0 Å². The molecule has 0 aliphatic carbocycles. The van der Waals surface area contributed by atoms with Crippen molar-refractivity contribution in [2.24, 2.45) is 11.5 Å². The summed E-state index contributed by atoms with van der Waals surface area (Å²) in [7, 11) is 0. The molecule has 0 saturated carbocycles. The first-order valence-electron chi connectivity index (χ1n) is 5.98. The molecule has 0 aliphatic heterocycles. The van der Waals surface area contributed by atoms with E-state index in [1.807, 2.05) is 60.7 Å². The van der Waals surface area contributed by atoms with Gasteiger partial charge < -0.3 is 11.5 Å². The standard InChI is InChI=1S/C16H18N2/c1-2-6-13-9-11-15(12-10-13)16(17,18)14-7-4-3-5-8-14/h2-5,7-12H,1,6,17-18H2. The summed E-state index contributed by atoms with van der Waals surface area (Å²) in [5, 5.41) is 0. The Morgan fingerprint density at radius 1 is 0.889 bits per heavy atom. The van der Waals surface area contributed by atoms with Crippen molar-refractivity contribution in [1.29, 1.82) is 0 Å². The Kier molecular flexibility index (Phi) is 3.60. The molecule has 4 N–H and O–H groups in total. The third-order valence-electron chi connectivity index (χ3n) is 3.06. The van der Waals surface area contributed by atoms with Gasteiger partial charge in [0, 0.05) is 0 Å². The normalized spacial score (nSPS) is 11.2. The first-order valence-corrected chi connectivity index (χ1v) is 5.98. The summed E-state index contributed by atoms with van der Waals surface area (Å²) in [4.78, 5) is 0. The quantitative estimate of drug-likeness (QED) is 0.635. The van der Waals surface area contributed by atoms with Gasteiger partial charge in [-0.1, -0.05) is 60.7 Å². The highest BCUT2D eigenvalue weighted by atomic mass is 15.0. The smallest absolute Gasteiger partial charge is 0.116 e. The first kappa shape index (κ1) is 12.6. The number of allylic oxidation sites excluding steroid dienone is 1. The highest BCUT2D eigenvalue weighted by molar-refractivity contribution is 5.37. The maximum Gasteiger partial charge on any atom is 0.116 e. The van der Waals surface area contributed by atoms with Gasteiger partial charge >= 0.3 is 0 Å². The fraction of sp³-hybridized carbons (Fsp3) is 0.125. The van der Waals surface area contributed by atoms with Gasteiger partial charge in [-0.25, -0.2) is 0 Å². The second-order valence-electron chi connectivity index (χ2n) is 4.42. The van der Waals surface area contributed by atoms with E-state index in [2.05, 4.69) is 6.58 Å². The lowest BCUT2D eigenvalue weighted by atomic mass is 9.92. The van der Waals surface area contributed by atoms with E-state index in [1.165, 1.54) is 5.56 Å². The molecule has 2 rings (SSSR count). The van der Waals surface area contributed by atoms with Crippen LogP contribution >= 0.6 is 0 Å². The molecule has 0 fully saturated rings. The van der Waals surface area contributed by atoms with Gasteiger partial charge in [0.05, 0.1) is 0 Å². The Morgan fingerprint density at radius 3 is 2.00 bits per heavy atom. The molecular formula is C16H18N2. The summed E-state index contributed by atoms with van der Waals surface area (Å²) in [6.45, 7) is 3.73. The maximum absolute atomic E-state index is 6.24. The van der Waals surface area contributed by atoms with Gasteiger partial charge in [-0.05, 0) is 23.1 Å². The van der Waals surface area contributed by atoms with Gasteiger partial charge in [0.25, 0.3) is 0 Å². The molecule has 18 heavy (non-hydrogen) atoms. The van der Waals surface area contributed by atoms with E-state index in [4.69, 9.17) is 11.5 Å². The summed E-state index contributed by atoms with van der Waals surface area (Å²) in [5.74, 6) is 0. The molecule has 0 spiro atoms. The van der Waals surface area contributed by atoms with Gasteiger partial charge in [-0.3, -0.25) is 0 Å². The molecule has 2 nitrogen and oxygen atoms in total. The fourth-order valence-corrected chi connectivity index (χ4v) is 1.96. The zero-order chi connectivity index (χ0) is 13.0. The summed E-state index contributed by atoms with van der Waals surface area (Å²) < 4.78 is 0. The van der Waals surface area contributed by atoms with Crippen LogP contribution in [-0.2, 0) is 12.1 Å². The third-order valence-corrected chi connectivity index (χ3v) is 3.06. The number of rotatable bonds is 4. The zero-order valence-corrected chi connectivity index (χ0v) is 10.3. The van der Waals surface area contributed by atoms with Crippen molar-refractivity contribution in [1.82, 2.24) is 0 Å². The molecule has 0 bridgehead atoms. The van der Waals surface area contributed by atoms with Crippen LogP contribution < -0.4 is 11.5 Å². The highest BCUT2D eigenvalue weighted by Crippen LogP contribution is 2.22. The average molecular weight is 238 g/mol. The predicted octanol–water partition coefficient (Wildman–Crippen LogP) is 2.53. The van der Waals surface area contributed by atoms with Crippen LogP contribution in [-0.4, -0.2) is 0 Å². The molecule has 0 atom stereocenters. The van der Waals surface area contributed by atoms with Crippen molar-refractivity contribution < 1.29 is 0 Å². The second kappa shape index (κ2) is 5.17. The average Bonchev–Trinajstić information content (AvgIpc) is 2.41. The van der Waals surface area contributed by atoms with Gasteiger partial charge in [0.15, 0.2) is 0 Å². The van der Waals surface area contributed by atoms with Crippen LogP contribution in [0.25, 0.3) is 0 Å². The van der Waals surface area contributed by atoms with Gasteiger partial charge in [0.2, 0.25) is 0 Å². The van der Waals surface area contributed by atoms with E-state index in [9.17, 15) is 0 Å². The summed E-state index contributed by atoms with van der Waals surface area (Å²) in [5.41, 5.74) is 14.5. The molecule has 0 saturated heterocycles. The van der Waals surface area contributed by atoms with Gasteiger partial charge in [-0.2, -0.15) is 0 Å². The van der Waals surface area contributed by atoms with E-state index < -0.39 is 5.66 Å². The number of hydrogen-bond donors (Lipinski definition) is 2. The van der Waals surface area contributed by atoms with Crippen LogP contribution in [0.2, 0.25) is 0 Å². The van der Waals surface area contributed by atoms with Crippen LogP contribution in [0, 0.1) is 0 Å². The largest absolute Gasteiger partial charge is 0.306 e. The van der Waals surface area contributed by atoms with E-state index >= 15 is 0 Å². The topological polar surface area (TPSA) is 52.0 Å². The SMILES string of the molecule is C=CCc1ccc(C(N)(N)c2ccccc2)cc1. The monoisotopic (exact) mass is 238 g/mol. The number of hydrogen-bond acceptors (Lipinski definition) is 2. The van der Waals surface area contributed by atoms with Crippen molar-refractivity contribution in [3.05, 3.63) is 83.9 Å². The molecule has 92 valence electrons. The molecule has 0 amide bonds. The lowest BCUT2D eigenvalue weighted by Crippen LogP contribution is -2.47. The van der Waals surface area contributed by atoms with Crippen molar-refractivity contribution >= 4 is 0 Å². The molecule has 0 heterocycles. The van der Waals surface area contributed by atoms with Gasteiger partial charge in [0.1, 0.15) is 5.66 Å². The maximum atomic E-state index is 6.24. The Morgan fingerprint density at radius 2 is 1.44 bits per heavy atom. The highest BCUT2D eigenvalue weighted by Gasteiger charge is 2.23. The fourth-order valence-electron chi connectivity index (χ4n) is 1.96. The number of nitrogens with two attached hydrogens (primary N) is 2. The van der Waals surface area contributed by atoms with Gasteiger partial charge in [-0.15, -0.1) is 6.58 Å². The van der Waals surface area contributed by atoms with Crippen molar-refractivity contribution in [2.45, 2.75) is 12.1 Å². The van der Waals surface area contributed by atoms with Crippen LogP contribution in [0.15, 0.2) is 67.3 Å². The molecular weight excluding hydrogens is 220 g/mol. The Hall–Kier alpha value is -1.90. The summed E-state index contributed by atoms with van der Waals surface area (Å²) >= 11 is 0. The van der Waals surface area contributed by atoms with Crippen LogP contribution in [0.3, 0.4) is 0 Å². The Bertz CT molecular complexity index is 513. The molecule has 0 aliphatic rings. The van der Waals surface area contributed by atoms with Crippen LogP contribution in [0.4, 0.5) is 0 Å². The van der Waals surface area contributed by atoms with E-state index in [-0.39, 0.29) is 0 Å². The predicted molar refractivity (Wildman–Crippen MR) is 75.9 cm³/mol. The first-order chi connectivity index (χ1) is 8.64. The minimum atomic E-state index is -0.950. The molecule has 0 unspecified atom stereocenters. The summed E-state index contributed by atoms with van der Waals surface area (Å²) in [6.07, 6.45) is 2.73.